The molecule has 2 rings (SSSR count). The second kappa shape index (κ2) is 5.86. The molecule has 0 saturated carbocycles. The molecule has 1 heterocycles. The van der Waals surface area contributed by atoms with Crippen molar-refractivity contribution >= 4 is 21.6 Å². The quantitative estimate of drug-likeness (QED) is 0.836. The van der Waals surface area contributed by atoms with Gasteiger partial charge in [0.05, 0.1) is 17.1 Å². The summed E-state index contributed by atoms with van der Waals surface area (Å²) in [6, 6.07) is 4.48. The van der Waals surface area contributed by atoms with Gasteiger partial charge in [-0.2, -0.15) is 0 Å². The second-order valence-electron chi connectivity index (χ2n) is 5.78. The van der Waals surface area contributed by atoms with E-state index in [2.05, 4.69) is 4.72 Å². The van der Waals surface area contributed by atoms with E-state index in [1.165, 1.54) is 24.0 Å². The van der Waals surface area contributed by atoms with Crippen molar-refractivity contribution in [1.29, 1.82) is 0 Å². The number of anilines is 1. The molecule has 0 aliphatic carbocycles. The molecule has 122 valence electrons. The highest BCUT2D eigenvalue weighted by atomic mass is 32.2. The van der Waals surface area contributed by atoms with Gasteiger partial charge in [0.1, 0.15) is 11.4 Å². The van der Waals surface area contributed by atoms with Gasteiger partial charge in [0.25, 0.3) is 0 Å². The Kier molecular flexibility index (Phi) is 4.46. The lowest BCUT2D eigenvalue weighted by Crippen LogP contribution is -2.48. The zero-order valence-electron chi connectivity index (χ0n) is 12.9. The zero-order valence-corrected chi connectivity index (χ0v) is 13.7. The van der Waals surface area contributed by atoms with Gasteiger partial charge in [-0.1, -0.05) is 0 Å². The van der Waals surface area contributed by atoms with Crippen molar-refractivity contribution in [3.05, 3.63) is 18.2 Å². The molecule has 1 aromatic rings. The van der Waals surface area contributed by atoms with Gasteiger partial charge in [-0.3, -0.25) is 4.79 Å². The van der Waals surface area contributed by atoms with Crippen LogP contribution in [0.4, 0.5) is 5.69 Å². The first-order valence-electron chi connectivity index (χ1n) is 6.97. The lowest BCUT2D eigenvalue weighted by Gasteiger charge is -2.39. The minimum atomic E-state index is -3.66. The van der Waals surface area contributed by atoms with E-state index in [9.17, 15) is 13.2 Å². The number of hydrogen-bond acceptors (Lipinski definition) is 5. The van der Waals surface area contributed by atoms with E-state index in [4.69, 9.17) is 10.5 Å². The summed E-state index contributed by atoms with van der Waals surface area (Å²) < 4.78 is 32.6. The van der Waals surface area contributed by atoms with E-state index in [1.807, 2.05) is 13.8 Å². The number of rotatable bonds is 4. The molecule has 22 heavy (non-hydrogen) atoms. The standard InChI is InChI=1S/C14H21N3O4S/c1-10(18)17-9-14(2,3)21-13-5-4-11(8-12(13)17)22(19,20)16-7-6-15/h4-5,8,16H,6-7,9,15H2,1-3H3. The van der Waals surface area contributed by atoms with Gasteiger partial charge in [0.15, 0.2) is 0 Å². The predicted octanol–water partition coefficient (Wildman–Crippen LogP) is 0.448. The van der Waals surface area contributed by atoms with Crippen molar-refractivity contribution in [1.82, 2.24) is 4.72 Å². The van der Waals surface area contributed by atoms with Crippen LogP contribution in [0.1, 0.15) is 20.8 Å². The van der Waals surface area contributed by atoms with Crippen LogP contribution in [-0.4, -0.2) is 39.6 Å². The van der Waals surface area contributed by atoms with E-state index >= 15 is 0 Å². The maximum atomic E-state index is 12.2. The summed E-state index contributed by atoms with van der Waals surface area (Å²) in [5.41, 5.74) is 5.25. The lowest BCUT2D eigenvalue weighted by atomic mass is 10.1. The van der Waals surface area contributed by atoms with E-state index in [0.29, 0.717) is 18.0 Å². The van der Waals surface area contributed by atoms with Crippen molar-refractivity contribution in [2.75, 3.05) is 24.5 Å². The summed E-state index contributed by atoms with van der Waals surface area (Å²) in [6.07, 6.45) is 0. The second-order valence-corrected chi connectivity index (χ2v) is 7.55. The number of fused-ring (bicyclic) bond motifs is 1. The summed E-state index contributed by atoms with van der Waals surface area (Å²) >= 11 is 0. The van der Waals surface area contributed by atoms with Crippen molar-refractivity contribution in [3.63, 3.8) is 0 Å². The van der Waals surface area contributed by atoms with Gasteiger partial charge in [0, 0.05) is 20.0 Å². The first-order chi connectivity index (χ1) is 10.2. The smallest absolute Gasteiger partial charge is 0.240 e. The molecule has 0 radical (unpaired) electrons. The first kappa shape index (κ1) is 16.7. The largest absolute Gasteiger partial charge is 0.484 e. The average Bonchev–Trinajstić information content (AvgIpc) is 2.42. The Morgan fingerprint density at radius 1 is 1.45 bits per heavy atom. The van der Waals surface area contributed by atoms with Crippen LogP contribution in [-0.2, 0) is 14.8 Å². The molecule has 0 bridgehead atoms. The van der Waals surface area contributed by atoms with Gasteiger partial charge < -0.3 is 15.4 Å². The highest BCUT2D eigenvalue weighted by Gasteiger charge is 2.34. The molecule has 8 heteroatoms. The molecule has 1 amide bonds. The van der Waals surface area contributed by atoms with E-state index in [-0.39, 0.29) is 23.9 Å². The number of carbonyl (C=O) groups excluding carboxylic acids is 1. The minimum Gasteiger partial charge on any atom is -0.484 e. The van der Waals surface area contributed by atoms with E-state index in [0.717, 1.165) is 0 Å². The molecule has 1 aromatic carbocycles. The summed E-state index contributed by atoms with van der Waals surface area (Å²) in [6.45, 7) is 5.91. The molecule has 0 fully saturated rings. The van der Waals surface area contributed by atoms with Crippen molar-refractivity contribution < 1.29 is 17.9 Å². The Balaban J connectivity index is 2.46. The third-order valence-electron chi connectivity index (χ3n) is 3.27. The van der Waals surface area contributed by atoms with Crippen LogP contribution in [0.5, 0.6) is 5.75 Å². The number of ether oxygens (including phenoxy) is 1. The Bertz CT molecular complexity index is 685. The normalized spacial score (nSPS) is 16.8. The first-order valence-corrected chi connectivity index (χ1v) is 8.45. The molecule has 1 aliphatic rings. The number of nitrogens with zero attached hydrogens (tertiary/aromatic N) is 1. The van der Waals surface area contributed by atoms with Crippen LogP contribution in [0, 0.1) is 0 Å². The summed E-state index contributed by atoms with van der Waals surface area (Å²) in [7, 11) is -3.66. The van der Waals surface area contributed by atoms with Crippen molar-refractivity contribution in [3.8, 4) is 5.75 Å². The van der Waals surface area contributed by atoms with E-state index in [1.54, 1.807) is 6.07 Å². The zero-order chi connectivity index (χ0) is 16.5. The molecule has 0 atom stereocenters. The van der Waals surface area contributed by atoms with Crippen LogP contribution < -0.4 is 20.1 Å². The van der Waals surface area contributed by atoms with E-state index < -0.39 is 15.6 Å². The number of amides is 1. The lowest BCUT2D eigenvalue weighted by molar-refractivity contribution is -0.117. The Morgan fingerprint density at radius 3 is 2.73 bits per heavy atom. The van der Waals surface area contributed by atoms with Crippen LogP contribution in [0.2, 0.25) is 0 Å². The molecule has 7 nitrogen and oxygen atoms in total. The summed E-state index contributed by atoms with van der Waals surface area (Å²) in [5, 5.41) is 0. The third kappa shape index (κ3) is 3.40. The van der Waals surface area contributed by atoms with Crippen LogP contribution in [0.3, 0.4) is 0 Å². The minimum absolute atomic E-state index is 0.0780. The fourth-order valence-corrected chi connectivity index (χ4v) is 3.38. The fraction of sp³-hybridized carbons (Fsp3) is 0.500. The number of hydrogen-bond donors (Lipinski definition) is 2. The van der Waals surface area contributed by atoms with Crippen molar-refractivity contribution in [2.24, 2.45) is 5.73 Å². The molecule has 0 unspecified atom stereocenters. The molecular weight excluding hydrogens is 306 g/mol. The molecule has 3 N–H and O–H groups in total. The number of nitrogens with one attached hydrogen (secondary N) is 1. The molecule has 0 aromatic heterocycles. The van der Waals surface area contributed by atoms with Crippen LogP contribution >= 0.6 is 0 Å². The maximum Gasteiger partial charge on any atom is 0.240 e. The summed E-state index contributed by atoms with van der Waals surface area (Å²) in [5.74, 6) is 0.325. The summed E-state index contributed by atoms with van der Waals surface area (Å²) in [4.78, 5) is 13.5. The van der Waals surface area contributed by atoms with Gasteiger partial charge >= 0.3 is 0 Å². The number of benzene rings is 1. The fourth-order valence-electron chi connectivity index (χ4n) is 2.32. The Hall–Kier alpha value is -1.64. The monoisotopic (exact) mass is 327 g/mol. The van der Waals surface area contributed by atoms with Crippen molar-refractivity contribution in [2.45, 2.75) is 31.3 Å². The maximum absolute atomic E-state index is 12.2. The topological polar surface area (TPSA) is 102 Å². The average molecular weight is 327 g/mol. The molecular formula is C14H21N3O4S. The van der Waals surface area contributed by atoms with Crippen LogP contribution in [0.25, 0.3) is 0 Å². The highest BCUT2D eigenvalue weighted by Crippen LogP contribution is 2.38. The third-order valence-corrected chi connectivity index (χ3v) is 4.73. The molecule has 1 aliphatic heterocycles. The molecule has 0 spiro atoms. The van der Waals surface area contributed by atoms with Crippen LogP contribution in [0.15, 0.2) is 23.1 Å². The number of carbonyl (C=O) groups is 1. The molecule has 0 saturated heterocycles. The SMILES string of the molecule is CC(=O)N1CC(C)(C)Oc2ccc(S(=O)(=O)NCCN)cc21. The van der Waals surface area contributed by atoms with Gasteiger partial charge in [0.2, 0.25) is 15.9 Å². The van der Waals surface area contributed by atoms with Gasteiger partial charge in [-0.25, -0.2) is 13.1 Å². The highest BCUT2D eigenvalue weighted by molar-refractivity contribution is 7.89. The predicted molar refractivity (Wildman–Crippen MR) is 83.4 cm³/mol. The number of sulfonamides is 1. The van der Waals surface area contributed by atoms with Gasteiger partial charge in [-0.15, -0.1) is 0 Å². The van der Waals surface area contributed by atoms with Gasteiger partial charge in [-0.05, 0) is 32.0 Å². The number of nitrogens with two attached hydrogens (primary N) is 1. The Labute approximate surface area is 130 Å². The Morgan fingerprint density at radius 2 is 2.14 bits per heavy atom.